The molecule has 1 aromatic heterocycles. The largest absolute Gasteiger partial charge is 0.481 e. The molecule has 150 valence electrons. The summed E-state index contributed by atoms with van der Waals surface area (Å²) < 4.78 is 32.7. The molecule has 8 nitrogen and oxygen atoms in total. The summed E-state index contributed by atoms with van der Waals surface area (Å²) in [5, 5.41) is 2.70. The normalized spacial score (nSPS) is 12.1. The van der Waals surface area contributed by atoms with Gasteiger partial charge in [-0.25, -0.2) is 23.1 Å². The van der Waals surface area contributed by atoms with E-state index < -0.39 is 16.1 Å². The standard InChI is InChI=1S/C20H20N4O4S/c1-14-5-3-6-17(13-14)28-15(2)19(25)23-16-7-9-18(10-8-16)29(26,27)24-20-21-11-4-12-22-20/h3-13,15H,1-2H3,(H,23,25)(H,21,22,24). The molecule has 0 bridgehead atoms. The van der Waals surface area contributed by atoms with E-state index in [1.807, 2.05) is 25.1 Å². The molecule has 2 N–H and O–H groups in total. The summed E-state index contributed by atoms with van der Waals surface area (Å²) in [5.41, 5.74) is 1.48. The number of sulfonamides is 1. The first-order valence-corrected chi connectivity index (χ1v) is 10.3. The number of anilines is 2. The zero-order valence-electron chi connectivity index (χ0n) is 15.9. The van der Waals surface area contributed by atoms with Crippen molar-refractivity contribution in [3.63, 3.8) is 0 Å². The maximum atomic E-state index is 12.4. The fraction of sp³-hybridized carbons (Fsp3) is 0.150. The van der Waals surface area contributed by atoms with E-state index >= 15 is 0 Å². The molecule has 3 aromatic rings. The number of ether oxygens (including phenoxy) is 1. The Morgan fingerprint density at radius 2 is 1.72 bits per heavy atom. The van der Waals surface area contributed by atoms with Gasteiger partial charge in [0, 0.05) is 18.1 Å². The number of amides is 1. The van der Waals surface area contributed by atoms with Gasteiger partial charge in [0.2, 0.25) is 5.95 Å². The number of aryl methyl sites for hydroxylation is 1. The molecule has 0 radical (unpaired) electrons. The summed E-state index contributed by atoms with van der Waals surface area (Å²) >= 11 is 0. The van der Waals surface area contributed by atoms with Crippen LogP contribution in [-0.4, -0.2) is 30.4 Å². The van der Waals surface area contributed by atoms with Gasteiger partial charge in [-0.1, -0.05) is 12.1 Å². The third-order valence-corrected chi connectivity index (χ3v) is 5.24. The minimum absolute atomic E-state index is 0.0204. The number of benzene rings is 2. The molecule has 1 unspecified atom stereocenters. The Morgan fingerprint density at radius 1 is 1.03 bits per heavy atom. The quantitative estimate of drug-likeness (QED) is 0.617. The highest BCUT2D eigenvalue weighted by Crippen LogP contribution is 2.18. The van der Waals surface area contributed by atoms with Gasteiger partial charge in [0.15, 0.2) is 6.10 Å². The Bertz CT molecular complexity index is 1090. The van der Waals surface area contributed by atoms with Crippen LogP contribution in [0.4, 0.5) is 11.6 Å². The summed E-state index contributed by atoms with van der Waals surface area (Å²) in [4.78, 5) is 20.0. The first-order chi connectivity index (χ1) is 13.8. The number of nitrogens with zero attached hydrogens (tertiary/aromatic N) is 2. The summed E-state index contributed by atoms with van der Waals surface area (Å²) in [6, 6.07) is 14.7. The van der Waals surface area contributed by atoms with E-state index in [4.69, 9.17) is 4.74 Å². The van der Waals surface area contributed by atoms with E-state index in [2.05, 4.69) is 20.0 Å². The van der Waals surface area contributed by atoms with Gasteiger partial charge in [-0.3, -0.25) is 4.79 Å². The van der Waals surface area contributed by atoms with E-state index in [9.17, 15) is 13.2 Å². The molecule has 29 heavy (non-hydrogen) atoms. The topological polar surface area (TPSA) is 110 Å². The van der Waals surface area contributed by atoms with Crippen molar-refractivity contribution in [3.8, 4) is 5.75 Å². The second kappa shape index (κ2) is 8.70. The zero-order chi connectivity index (χ0) is 20.9. The fourth-order valence-corrected chi connectivity index (χ4v) is 3.40. The number of carbonyl (C=O) groups is 1. The van der Waals surface area contributed by atoms with Crippen molar-refractivity contribution in [2.24, 2.45) is 0 Å². The van der Waals surface area contributed by atoms with Crippen LogP contribution in [0.1, 0.15) is 12.5 Å². The highest BCUT2D eigenvalue weighted by molar-refractivity contribution is 7.92. The minimum Gasteiger partial charge on any atom is -0.481 e. The van der Waals surface area contributed by atoms with Gasteiger partial charge in [-0.15, -0.1) is 0 Å². The molecule has 2 aromatic carbocycles. The van der Waals surface area contributed by atoms with Crippen LogP contribution in [0.25, 0.3) is 0 Å². The number of hydrogen-bond acceptors (Lipinski definition) is 6. The van der Waals surface area contributed by atoms with E-state index in [-0.39, 0.29) is 16.8 Å². The van der Waals surface area contributed by atoms with Crippen LogP contribution in [-0.2, 0) is 14.8 Å². The van der Waals surface area contributed by atoms with Crippen molar-refractivity contribution in [2.75, 3.05) is 10.0 Å². The molecule has 0 aliphatic rings. The monoisotopic (exact) mass is 412 g/mol. The number of rotatable bonds is 7. The minimum atomic E-state index is -3.83. The Balaban J connectivity index is 1.63. The molecule has 1 atom stereocenters. The highest BCUT2D eigenvalue weighted by Gasteiger charge is 2.17. The molecular formula is C20H20N4O4S. The van der Waals surface area contributed by atoms with Crippen molar-refractivity contribution < 1.29 is 17.9 Å². The zero-order valence-corrected chi connectivity index (χ0v) is 16.7. The van der Waals surface area contributed by atoms with Gasteiger partial charge in [0.05, 0.1) is 4.90 Å². The fourth-order valence-electron chi connectivity index (χ4n) is 2.44. The Morgan fingerprint density at radius 3 is 2.38 bits per heavy atom. The van der Waals surface area contributed by atoms with Gasteiger partial charge in [-0.2, -0.15) is 0 Å². The van der Waals surface area contributed by atoms with Crippen LogP contribution in [0.5, 0.6) is 5.75 Å². The summed E-state index contributed by atoms with van der Waals surface area (Å²) in [7, 11) is -3.83. The predicted octanol–water partition coefficient (Wildman–Crippen LogP) is 2.99. The van der Waals surface area contributed by atoms with E-state index in [1.54, 1.807) is 19.1 Å². The lowest BCUT2D eigenvalue weighted by atomic mass is 10.2. The number of nitrogens with one attached hydrogen (secondary N) is 2. The smallest absolute Gasteiger partial charge is 0.265 e. The third kappa shape index (κ3) is 5.52. The van der Waals surface area contributed by atoms with E-state index in [0.717, 1.165) is 5.56 Å². The molecule has 0 saturated heterocycles. The lowest BCUT2D eigenvalue weighted by Crippen LogP contribution is -2.30. The van der Waals surface area contributed by atoms with Crippen molar-refractivity contribution in [3.05, 3.63) is 72.6 Å². The van der Waals surface area contributed by atoms with Crippen LogP contribution in [0, 0.1) is 6.92 Å². The molecule has 0 aliphatic heterocycles. The van der Waals surface area contributed by atoms with Crippen molar-refractivity contribution in [1.29, 1.82) is 0 Å². The summed E-state index contributed by atoms with van der Waals surface area (Å²) in [6.07, 6.45) is 2.14. The van der Waals surface area contributed by atoms with Gasteiger partial charge in [0.1, 0.15) is 5.75 Å². The van der Waals surface area contributed by atoms with Crippen LogP contribution in [0.2, 0.25) is 0 Å². The van der Waals surface area contributed by atoms with Crippen LogP contribution in [0.3, 0.4) is 0 Å². The van der Waals surface area contributed by atoms with Crippen LogP contribution >= 0.6 is 0 Å². The summed E-state index contributed by atoms with van der Waals surface area (Å²) in [5.74, 6) is 0.230. The predicted molar refractivity (Wildman–Crippen MR) is 109 cm³/mol. The molecule has 3 rings (SSSR count). The Labute approximate surface area is 169 Å². The molecule has 1 heterocycles. The number of hydrogen-bond donors (Lipinski definition) is 2. The van der Waals surface area contributed by atoms with Crippen LogP contribution in [0.15, 0.2) is 71.9 Å². The molecule has 0 aliphatic carbocycles. The maximum Gasteiger partial charge on any atom is 0.265 e. The lowest BCUT2D eigenvalue weighted by molar-refractivity contribution is -0.122. The lowest BCUT2D eigenvalue weighted by Gasteiger charge is -2.15. The van der Waals surface area contributed by atoms with E-state index in [1.165, 1.54) is 36.7 Å². The second-order valence-electron chi connectivity index (χ2n) is 6.27. The Kier molecular flexibility index (Phi) is 6.08. The maximum absolute atomic E-state index is 12.4. The second-order valence-corrected chi connectivity index (χ2v) is 7.95. The van der Waals surface area contributed by atoms with Gasteiger partial charge < -0.3 is 10.1 Å². The highest BCUT2D eigenvalue weighted by atomic mass is 32.2. The average Bonchev–Trinajstić information content (AvgIpc) is 2.69. The van der Waals surface area contributed by atoms with E-state index in [0.29, 0.717) is 11.4 Å². The Hall–Kier alpha value is -3.46. The number of carbonyl (C=O) groups excluding carboxylic acids is 1. The average molecular weight is 412 g/mol. The van der Waals surface area contributed by atoms with Gasteiger partial charge in [-0.05, 0) is 61.9 Å². The third-order valence-electron chi connectivity index (χ3n) is 3.90. The molecule has 0 fully saturated rings. The first-order valence-electron chi connectivity index (χ1n) is 8.77. The SMILES string of the molecule is Cc1cccc(OC(C)C(=O)Nc2ccc(S(=O)(=O)Nc3ncccn3)cc2)c1. The number of aromatic nitrogens is 2. The van der Waals surface area contributed by atoms with Crippen molar-refractivity contribution in [1.82, 2.24) is 9.97 Å². The van der Waals surface area contributed by atoms with Crippen molar-refractivity contribution >= 4 is 27.6 Å². The van der Waals surface area contributed by atoms with Crippen molar-refractivity contribution in [2.45, 2.75) is 24.8 Å². The molecule has 9 heteroatoms. The summed E-state index contributed by atoms with van der Waals surface area (Å²) in [6.45, 7) is 3.58. The van der Waals surface area contributed by atoms with Crippen LogP contribution < -0.4 is 14.8 Å². The van der Waals surface area contributed by atoms with Gasteiger partial charge in [0.25, 0.3) is 15.9 Å². The van der Waals surface area contributed by atoms with Gasteiger partial charge >= 0.3 is 0 Å². The molecule has 0 spiro atoms. The molecule has 1 amide bonds. The molecule has 0 saturated carbocycles. The first kappa shape index (κ1) is 20.3. The molecular weight excluding hydrogens is 392 g/mol.